The molecule has 0 saturated heterocycles. The Hall–Kier alpha value is -3.28. The molecule has 2 rings (SSSR count). The van der Waals surface area contributed by atoms with Crippen LogP contribution in [0.25, 0.3) is 6.08 Å². The van der Waals surface area contributed by atoms with Gasteiger partial charge >= 0.3 is 0 Å². The summed E-state index contributed by atoms with van der Waals surface area (Å²) >= 11 is 0. The highest BCUT2D eigenvalue weighted by Crippen LogP contribution is 2.22. The van der Waals surface area contributed by atoms with E-state index in [1.807, 2.05) is 63.2 Å². The quantitative estimate of drug-likeness (QED) is 0.582. The Bertz CT molecular complexity index is 810. The molecule has 6 heteroatoms. The lowest BCUT2D eigenvalue weighted by molar-refractivity contribution is -0.128. The highest BCUT2D eigenvalue weighted by molar-refractivity contribution is 5.93. The number of rotatable bonds is 7. The molecule has 2 amide bonds. The van der Waals surface area contributed by atoms with Crippen LogP contribution in [-0.4, -0.2) is 25.0 Å². The lowest BCUT2D eigenvalue weighted by Gasteiger charge is -2.12. The van der Waals surface area contributed by atoms with Crippen molar-refractivity contribution in [2.75, 3.05) is 13.2 Å². The van der Waals surface area contributed by atoms with Crippen molar-refractivity contribution < 1.29 is 19.1 Å². The Morgan fingerprint density at radius 2 is 1.67 bits per heavy atom. The fourth-order valence-corrected chi connectivity index (χ4v) is 2.44. The predicted octanol–water partition coefficient (Wildman–Crippen LogP) is 2.94. The maximum Gasteiger partial charge on any atom is 0.276 e. The molecule has 0 aromatic heterocycles. The van der Waals surface area contributed by atoms with Crippen LogP contribution in [-0.2, 0) is 9.59 Å². The van der Waals surface area contributed by atoms with Crippen LogP contribution < -0.4 is 20.3 Å². The highest BCUT2D eigenvalue weighted by atomic mass is 16.5. The molecule has 0 aliphatic rings. The van der Waals surface area contributed by atoms with Crippen LogP contribution in [0.5, 0.6) is 11.5 Å². The molecule has 0 radical (unpaired) electrons. The number of hydrogen-bond acceptors (Lipinski definition) is 4. The number of aryl methyl sites for hydroxylation is 2. The summed E-state index contributed by atoms with van der Waals surface area (Å²) in [7, 11) is 0. The van der Waals surface area contributed by atoms with E-state index in [0.29, 0.717) is 18.1 Å². The SMILES string of the molecule is CCOc1ccccc1/C=C/C(=O)NNC(=O)COc1c(C)cccc1C. The van der Waals surface area contributed by atoms with E-state index in [-0.39, 0.29) is 6.61 Å². The fourth-order valence-electron chi connectivity index (χ4n) is 2.44. The van der Waals surface area contributed by atoms with Crippen molar-refractivity contribution in [3.63, 3.8) is 0 Å². The molecule has 0 aliphatic heterocycles. The smallest absolute Gasteiger partial charge is 0.276 e. The van der Waals surface area contributed by atoms with E-state index in [9.17, 15) is 9.59 Å². The Morgan fingerprint density at radius 3 is 2.37 bits per heavy atom. The van der Waals surface area contributed by atoms with Gasteiger partial charge in [0.1, 0.15) is 11.5 Å². The van der Waals surface area contributed by atoms with Gasteiger partial charge in [-0.2, -0.15) is 0 Å². The van der Waals surface area contributed by atoms with Gasteiger partial charge in [-0.1, -0.05) is 36.4 Å². The molecule has 0 aliphatic carbocycles. The molecular formula is C21H24N2O4. The number of hydrazine groups is 1. The van der Waals surface area contributed by atoms with Gasteiger partial charge in [-0.15, -0.1) is 0 Å². The molecule has 27 heavy (non-hydrogen) atoms. The maximum absolute atomic E-state index is 11.9. The molecule has 2 N–H and O–H groups in total. The van der Waals surface area contributed by atoms with Gasteiger partial charge in [0, 0.05) is 11.6 Å². The largest absolute Gasteiger partial charge is 0.493 e. The van der Waals surface area contributed by atoms with Gasteiger partial charge in [0.2, 0.25) is 0 Å². The first-order valence-electron chi connectivity index (χ1n) is 8.69. The van der Waals surface area contributed by atoms with Crippen molar-refractivity contribution in [3.8, 4) is 11.5 Å². The second-order valence-corrected chi connectivity index (χ2v) is 5.85. The van der Waals surface area contributed by atoms with Crippen LogP contribution in [0.4, 0.5) is 0 Å². The number of benzene rings is 2. The average molecular weight is 368 g/mol. The van der Waals surface area contributed by atoms with Crippen LogP contribution in [0.2, 0.25) is 0 Å². The van der Waals surface area contributed by atoms with E-state index >= 15 is 0 Å². The minimum Gasteiger partial charge on any atom is -0.493 e. The van der Waals surface area contributed by atoms with E-state index in [1.165, 1.54) is 6.08 Å². The number of para-hydroxylation sites is 2. The second kappa shape index (κ2) is 10.0. The zero-order chi connectivity index (χ0) is 19.6. The molecule has 0 fully saturated rings. The van der Waals surface area contributed by atoms with Gasteiger partial charge in [-0.05, 0) is 44.0 Å². The molecule has 0 unspecified atom stereocenters. The van der Waals surface area contributed by atoms with E-state index < -0.39 is 11.8 Å². The van der Waals surface area contributed by atoms with Crippen molar-refractivity contribution in [2.45, 2.75) is 20.8 Å². The summed E-state index contributed by atoms with van der Waals surface area (Å²) in [5.41, 5.74) is 7.32. The first kappa shape index (κ1) is 20.0. The van der Waals surface area contributed by atoms with Crippen LogP contribution >= 0.6 is 0 Å². The van der Waals surface area contributed by atoms with E-state index in [2.05, 4.69) is 10.9 Å². The number of hydrogen-bond donors (Lipinski definition) is 2. The Labute approximate surface area is 159 Å². The van der Waals surface area contributed by atoms with Crippen LogP contribution in [0, 0.1) is 13.8 Å². The standard InChI is InChI=1S/C21H24N2O4/c1-4-26-18-11-6-5-10-17(18)12-13-19(24)22-23-20(25)14-27-21-15(2)8-7-9-16(21)3/h5-13H,4,14H2,1-3H3,(H,22,24)(H,23,25)/b13-12+. The third-order valence-corrected chi connectivity index (χ3v) is 3.71. The van der Waals surface area contributed by atoms with Crippen LogP contribution in [0.15, 0.2) is 48.5 Å². The minimum absolute atomic E-state index is 0.192. The highest BCUT2D eigenvalue weighted by Gasteiger charge is 2.08. The third kappa shape index (κ3) is 6.18. The number of ether oxygens (including phenoxy) is 2. The number of amides is 2. The van der Waals surface area contributed by atoms with Gasteiger partial charge in [0.15, 0.2) is 6.61 Å². The van der Waals surface area contributed by atoms with Gasteiger partial charge < -0.3 is 9.47 Å². The molecule has 0 bridgehead atoms. The maximum atomic E-state index is 11.9. The van der Waals surface area contributed by atoms with Crippen molar-refractivity contribution in [2.24, 2.45) is 0 Å². The third-order valence-electron chi connectivity index (χ3n) is 3.71. The second-order valence-electron chi connectivity index (χ2n) is 5.85. The van der Waals surface area contributed by atoms with Crippen molar-refractivity contribution in [1.82, 2.24) is 10.9 Å². The molecule has 6 nitrogen and oxygen atoms in total. The molecule has 0 heterocycles. The molecule has 0 atom stereocenters. The Kier molecular flexibility index (Phi) is 7.43. The van der Waals surface area contributed by atoms with Gasteiger partial charge in [-0.3, -0.25) is 20.4 Å². The topological polar surface area (TPSA) is 76.7 Å². The van der Waals surface area contributed by atoms with Crippen LogP contribution in [0.1, 0.15) is 23.6 Å². The summed E-state index contributed by atoms with van der Waals surface area (Å²) in [6, 6.07) is 13.1. The first-order chi connectivity index (χ1) is 13.0. The molecule has 2 aromatic carbocycles. The molecule has 0 saturated carbocycles. The number of carbonyl (C=O) groups excluding carboxylic acids is 2. The first-order valence-corrected chi connectivity index (χ1v) is 8.69. The molecular weight excluding hydrogens is 344 g/mol. The van der Waals surface area contributed by atoms with E-state index in [0.717, 1.165) is 16.7 Å². The summed E-state index contributed by atoms with van der Waals surface area (Å²) in [4.78, 5) is 23.7. The minimum atomic E-state index is -0.457. The summed E-state index contributed by atoms with van der Waals surface area (Å²) in [6.45, 7) is 6.05. The lowest BCUT2D eigenvalue weighted by Crippen LogP contribution is -2.43. The van der Waals surface area contributed by atoms with Crippen molar-refractivity contribution in [3.05, 3.63) is 65.2 Å². The van der Waals surface area contributed by atoms with Crippen molar-refractivity contribution >= 4 is 17.9 Å². The van der Waals surface area contributed by atoms with E-state index in [1.54, 1.807) is 6.08 Å². The normalized spacial score (nSPS) is 10.5. The predicted molar refractivity (Wildman–Crippen MR) is 104 cm³/mol. The monoisotopic (exact) mass is 368 g/mol. The summed E-state index contributed by atoms with van der Waals surface area (Å²) in [5, 5.41) is 0. The summed E-state index contributed by atoms with van der Waals surface area (Å²) in [6.07, 6.45) is 2.95. The Morgan fingerprint density at radius 1 is 0.963 bits per heavy atom. The average Bonchev–Trinajstić information content (AvgIpc) is 2.65. The zero-order valence-electron chi connectivity index (χ0n) is 15.7. The Balaban J connectivity index is 1.82. The molecule has 0 spiro atoms. The molecule has 142 valence electrons. The van der Waals surface area contributed by atoms with Crippen molar-refractivity contribution in [1.29, 1.82) is 0 Å². The van der Waals surface area contributed by atoms with Gasteiger partial charge in [0.05, 0.1) is 6.61 Å². The number of nitrogens with one attached hydrogen (secondary N) is 2. The van der Waals surface area contributed by atoms with Gasteiger partial charge in [0.25, 0.3) is 11.8 Å². The summed E-state index contributed by atoms with van der Waals surface area (Å²) < 4.78 is 11.0. The van der Waals surface area contributed by atoms with E-state index in [4.69, 9.17) is 9.47 Å². The zero-order valence-corrected chi connectivity index (χ0v) is 15.7. The van der Waals surface area contributed by atoms with Crippen LogP contribution in [0.3, 0.4) is 0 Å². The fraction of sp³-hybridized carbons (Fsp3) is 0.238. The molecule has 2 aromatic rings. The number of carbonyl (C=O) groups is 2. The summed E-state index contributed by atoms with van der Waals surface area (Å²) in [5.74, 6) is 0.456. The van der Waals surface area contributed by atoms with Gasteiger partial charge in [-0.25, -0.2) is 0 Å². The lowest BCUT2D eigenvalue weighted by atomic mass is 10.1.